The summed E-state index contributed by atoms with van der Waals surface area (Å²) >= 11 is 0. The molecule has 0 spiro atoms. The summed E-state index contributed by atoms with van der Waals surface area (Å²) in [5, 5.41) is 7.75. The van der Waals surface area contributed by atoms with Crippen molar-refractivity contribution in [2.45, 2.75) is 57.0 Å². The molecule has 1 aliphatic heterocycles. The van der Waals surface area contributed by atoms with Crippen molar-refractivity contribution < 1.29 is 4.79 Å². The number of aryl methyl sites for hydroxylation is 1. The first-order chi connectivity index (χ1) is 11.2. The van der Waals surface area contributed by atoms with Gasteiger partial charge in [0, 0.05) is 29.8 Å². The third kappa shape index (κ3) is 2.26. The summed E-state index contributed by atoms with van der Waals surface area (Å²) in [7, 11) is 0. The van der Waals surface area contributed by atoms with Crippen molar-refractivity contribution in [3.8, 4) is 0 Å². The fourth-order valence-corrected chi connectivity index (χ4v) is 4.37. The van der Waals surface area contributed by atoms with Gasteiger partial charge in [0.2, 0.25) is 5.91 Å². The van der Waals surface area contributed by atoms with Crippen molar-refractivity contribution in [2.24, 2.45) is 0 Å². The van der Waals surface area contributed by atoms with E-state index in [1.807, 2.05) is 6.07 Å². The Labute approximate surface area is 136 Å². The van der Waals surface area contributed by atoms with Gasteiger partial charge < -0.3 is 4.90 Å². The third-order valence-corrected chi connectivity index (χ3v) is 5.55. The fourth-order valence-electron chi connectivity index (χ4n) is 4.37. The topological polar surface area (TPSA) is 51.0 Å². The number of para-hydroxylation sites is 1. The van der Waals surface area contributed by atoms with Crippen molar-refractivity contribution >= 4 is 11.6 Å². The second-order valence-electron chi connectivity index (χ2n) is 6.88. The average molecular weight is 310 g/mol. The molecule has 120 valence electrons. The second-order valence-corrected chi connectivity index (χ2v) is 6.88. The van der Waals surface area contributed by atoms with Crippen molar-refractivity contribution in [3.05, 3.63) is 42.2 Å². The lowest BCUT2D eigenvalue weighted by Gasteiger charge is -2.39. The van der Waals surface area contributed by atoms with Crippen LogP contribution in [0.5, 0.6) is 0 Å². The highest BCUT2D eigenvalue weighted by Gasteiger charge is 2.50. The number of anilines is 1. The highest BCUT2D eigenvalue weighted by atomic mass is 16.2. The van der Waals surface area contributed by atoms with Crippen LogP contribution >= 0.6 is 0 Å². The third-order valence-electron chi connectivity index (χ3n) is 5.55. The molecule has 4 rings (SSSR count). The Bertz CT molecular complexity index is 712. The Kier molecular flexibility index (Phi) is 3.43. The summed E-state index contributed by atoms with van der Waals surface area (Å²) in [5.41, 5.74) is 2.57. The van der Waals surface area contributed by atoms with Gasteiger partial charge in [-0.05, 0) is 24.5 Å². The number of carbonyl (C=O) groups excluding carboxylic acids is 1. The zero-order valence-electron chi connectivity index (χ0n) is 13.5. The van der Waals surface area contributed by atoms with E-state index in [-0.39, 0.29) is 11.3 Å². The maximum Gasteiger partial charge on any atom is 0.229 e. The number of nitrogens with zero attached hydrogens (tertiary/aromatic N) is 4. The van der Waals surface area contributed by atoms with Gasteiger partial charge in [0.05, 0.1) is 12.7 Å². The molecule has 0 radical (unpaired) electrons. The number of fused-ring (bicyclic) bond motifs is 3. The Morgan fingerprint density at radius 2 is 2.22 bits per heavy atom. The molecule has 0 saturated heterocycles. The predicted molar refractivity (Wildman–Crippen MR) is 88.2 cm³/mol. The minimum Gasteiger partial charge on any atom is -0.308 e. The zero-order chi connectivity index (χ0) is 15.9. The number of hydrogen-bond acceptors (Lipinski definition) is 3. The average Bonchev–Trinajstić information content (AvgIpc) is 3.17. The van der Waals surface area contributed by atoms with E-state index in [0.717, 1.165) is 12.1 Å². The first-order valence-corrected chi connectivity index (χ1v) is 8.46. The van der Waals surface area contributed by atoms with Crippen molar-refractivity contribution in [3.63, 3.8) is 0 Å². The molecular formula is C18H22N4O. The van der Waals surface area contributed by atoms with Gasteiger partial charge in [0.25, 0.3) is 0 Å². The first kappa shape index (κ1) is 14.4. The lowest BCUT2D eigenvalue weighted by atomic mass is 9.69. The van der Waals surface area contributed by atoms with Crippen LogP contribution in [0.2, 0.25) is 0 Å². The highest BCUT2D eigenvalue weighted by Crippen LogP contribution is 2.52. The van der Waals surface area contributed by atoms with Crippen LogP contribution in [0.4, 0.5) is 5.69 Å². The van der Waals surface area contributed by atoms with Crippen molar-refractivity contribution in [1.29, 1.82) is 0 Å². The molecule has 0 bridgehead atoms. The second kappa shape index (κ2) is 5.48. The van der Waals surface area contributed by atoms with Crippen LogP contribution in [-0.4, -0.2) is 26.9 Å². The van der Waals surface area contributed by atoms with Crippen LogP contribution in [-0.2, 0) is 16.8 Å². The summed E-state index contributed by atoms with van der Waals surface area (Å²) < 4.78 is 1.72. The van der Waals surface area contributed by atoms with Crippen LogP contribution in [0.15, 0.2) is 36.7 Å². The molecule has 2 atom stereocenters. The van der Waals surface area contributed by atoms with Crippen LogP contribution in [0, 0.1) is 0 Å². The number of amides is 1. The quantitative estimate of drug-likeness (QED) is 0.876. The highest BCUT2D eigenvalue weighted by molar-refractivity contribution is 5.97. The van der Waals surface area contributed by atoms with Gasteiger partial charge in [-0.3, -0.25) is 9.48 Å². The van der Waals surface area contributed by atoms with E-state index in [1.165, 1.54) is 24.8 Å². The van der Waals surface area contributed by atoms with Crippen LogP contribution < -0.4 is 4.90 Å². The first-order valence-electron chi connectivity index (χ1n) is 8.46. The minimum absolute atomic E-state index is 0.109. The van der Waals surface area contributed by atoms with Crippen LogP contribution in [0.3, 0.4) is 0 Å². The molecule has 23 heavy (non-hydrogen) atoms. The number of benzene rings is 1. The van der Waals surface area contributed by atoms with Gasteiger partial charge >= 0.3 is 0 Å². The number of hydrogen-bond donors (Lipinski definition) is 0. The monoisotopic (exact) mass is 310 g/mol. The molecule has 1 saturated carbocycles. The Morgan fingerprint density at radius 1 is 1.35 bits per heavy atom. The lowest BCUT2D eigenvalue weighted by Crippen LogP contribution is -2.48. The minimum atomic E-state index is 0.109. The smallest absolute Gasteiger partial charge is 0.229 e. The molecule has 0 N–H and O–H groups in total. The summed E-state index contributed by atoms with van der Waals surface area (Å²) in [4.78, 5) is 15.0. The van der Waals surface area contributed by atoms with E-state index in [1.54, 1.807) is 17.1 Å². The number of carbonyl (C=O) groups is 1. The van der Waals surface area contributed by atoms with Gasteiger partial charge in [0.15, 0.2) is 0 Å². The van der Waals surface area contributed by atoms with E-state index in [2.05, 4.69) is 40.3 Å². The lowest BCUT2D eigenvalue weighted by molar-refractivity contribution is -0.119. The van der Waals surface area contributed by atoms with Gasteiger partial charge in [-0.25, -0.2) is 0 Å². The Balaban J connectivity index is 1.63. The maximum absolute atomic E-state index is 13.0. The summed E-state index contributed by atoms with van der Waals surface area (Å²) in [6.45, 7) is 2.92. The van der Waals surface area contributed by atoms with E-state index in [0.29, 0.717) is 19.0 Å². The Morgan fingerprint density at radius 3 is 3.04 bits per heavy atom. The Hall–Kier alpha value is -2.17. The van der Waals surface area contributed by atoms with Crippen LogP contribution in [0.1, 0.15) is 44.6 Å². The normalized spacial score (nSPS) is 26.0. The van der Waals surface area contributed by atoms with Crippen LogP contribution in [0.25, 0.3) is 0 Å². The van der Waals surface area contributed by atoms with Gasteiger partial charge in [-0.1, -0.05) is 43.2 Å². The summed E-state index contributed by atoms with van der Waals surface area (Å²) in [6.07, 6.45) is 8.64. The van der Waals surface area contributed by atoms with E-state index in [9.17, 15) is 4.79 Å². The molecule has 1 fully saturated rings. The summed E-state index contributed by atoms with van der Waals surface area (Å²) in [5.74, 6) is 0.198. The van der Waals surface area contributed by atoms with Crippen molar-refractivity contribution in [2.75, 3.05) is 4.90 Å². The van der Waals surface area contributed by atoms with Gasteiger partial charge in [-0.15, -0.1) is 5.10 Å². The molecule has 1 aliphatic carbocycles. The number of aromatic nitrogens is 3. The SMILES string of the molecule is C[C@@]12CCCC[C@@H]1N(C(=O)CCn1ccnn1)c1ccccc12. The molecular weight excluding hydrogens is 288 g/mol. The van der Waals surface area contributed by atoms with E-state index in [4.69, 9.17) is 0 Å². The largest absolute Gasteiger partial charge is 0.308 e. The maximum atomic E-state index is 13.0. The van der Waals surface area contributed by atoms with E-state index < -0.39 is 0 Å². The standard InChI is InChI=1S/C18H22N4O/c1-18-10-5-4-8-16(18)22(15-7-3-2-6-14(15)18)17(23)9-12-21-13-11-19-20-21/h2-3,6-7,11,13,16H,4-5,8-10,12H2,1H3/t16-,18-/m0/s1. The molecule has 1 amide bonds. The molecule has 0 unspecified atom stereocenters. The molecule has 1 aromatic carbocycles. The van der Waals surface area contributed by atoms with Gasteiger partial charge in [-0.2, -0.15) is 0 Å². The molecule has 2 heterocycles. The predicted octanol–water partition coefficient (Wildman–Crippen LogP) is 2.92. The molecule has 5 nitrogen and oxygen atoms in total. The number of rotatable bonds is 3. The summed E-state index contributed by atoms with van der Waals surface area (Å²) in [6, 6.07) is 8.75. The molecule has 2 aromatic rings. The van der Waals surface area contributed by atoms with E-state index >= 15 is 0 Å². The van der Waals surface area contributed by atoms with Gasteiger partial charge in [0.1, 0.15) is 0 Å². The molecule has 2 aliphatic rings. The zero-order valence-corrected chi connectivity index (χ0v) is 13.5. The molecule has 1 aromatic heterocycles. The van der Waals surface area contributed by atoms with Crippen molar-refractivity contribution in [1.82, 2.24) is 15.0 Å². The fraction of sp³-hybridized carbons (Fsp3) is 0.500. The molecule has 5 heteroatoms.